The molecule has 0 bridgehead atoms. The van der Waals surface area contributed by atoms with E-state index in [9.17, 15) is 8.42 Å². The fourth-order valence-corrected chi connectivity index (χ4v) is 5.63. The van der Waals surface area contributed by atoms with Crippen LogP contribution in [0.15, 0.2) is 39.9 Å². The zero-order chi connectivity index (χ0) is 21.9. The van der Waals surface area contributed by atoms with Crippen molar-refractivity contribution >= 4 is 31.3 Å². The molecule has 4 aromatic rings. The lowest BCUT2D eigenvalue weighted by Crippen LogP contribution is -2.33. The molecule has 11 heteroatoms. The number of hydrogen-bond donors (Lipinski definition) is 0. The summed E-state index contributed by atoms with van der Waals surface area (Å²) in [4.78, 5) is 12.7. The average Bonchev–Trinajstić information content (AvgIpc) is 3.19. The minimum absolute atomic E-state index is 0.301. The highest BCUT2D eigenvalue weighted by atomic mass is 32.2. The molecule has 1 aliphatic carbocycles. The van der Waals surface area contributed by atoms with Gasteiger partial charge >= 0.3 is 0 Å². The summed E-state index contributed by atoms with van der Waals surface area (Å²) >= 11 is 1.56. The van der Waals surface area contributed by atoms with Crippen LogP contribution in [-0.2, 0) is 9.84 Å². The highest BCUT2D eigenvalue weighted by Crippen LogP contribution is 2.39. The predicted octanol–water partition coefficient (Wildman–Crippen LogP) is 3.51. The SMILES string of the molecule is CS(=O)(=O)c1ccc(-c2cn3nc(N4CCC(c5nc(C6CC6)no5)CC4)sc3n2)cc1. The molecular weight excluding hydrogens is 448 g/mol. The topological polar surface area (TPSA) is 106 Å². The largest absolute Gasteiger partial charge is 0.347 e. The Morgan fingerprint density at radius 1 is 1.03 bits per heavy atom. The number of benzene rings is 1. The summed E-state index contributed by atoms with van der Waals surface area (Å²) < 4.78 is 30.6. The van der Waals surface area contributed by atoms with Crippen LogP contribution in [-0.4, -0.2) is 52.5 Å². The molecule has 1 aromatic carbocycles. The summed E-state index contributed by atoms with van der Waals surface area (Å²) in [5.41, 5.74) is 1.64. The number of nitrogens with zero attached hydrogens (tertiary/aromatic N) is 6. The normalized spacial score (nSPS) is 18.0. The zero-order valence-electron chi connectivity index (χ0n) is 17.5. The Kier molecular flexibility index (Phi) is 4.58. The number of aromatic nitrogens is 5. The van der Waals surface area contributed by atoms with Crippen LogP contribution >= 0.6 is 11.3 Å². The summed E-state index contributed by atoms with van der Waals surface area (Å²) in [6, 6.07) is 6.78. The molecule has 4 heterocycles. The van der Waals surface area contributed by atoms with E-state index in [1.54, 1.807) is 40.1 Å². The molecule has 32 heavy (non-hydrogen) atoms. The molecular formula is C21H22N6O3S2. The van der Waals surface area contributed by atoms with Gasteiger partial charge in [-0.2, -0.15) is 4.98 Å². The van der Waals surface area contributed by atoms with Crippen molar-refractivity contribution in [2.75, 3.05) is 24.2 Å². The van der Waals surface area contributed by atoms with Gasteiger partial charge in [-0.1, -0.05) is 28.6 Å². The lowest BCUT2D eigenvalue weighted by atomic mass is 9.97. The van der Waals surface area contributed by atoms with Gasteiger partial charge in [0.25, 0.3) is 0 Å². The summed E-state index contributed by atoms with van der Waals surface area (Å²) in [5, 5.41) is 9.83. The van der Waals surface area contributed by atoms with Crippen LogP contribution in [0.1, 0.15) is 49.2 Å². The number of imidazole rings is 1. The van der Waals surface area contributed by atoms with Gasteiger partial charge < -0.3 is 9.42 Å². The summed E-state index contributed by atoms with van der Waals surface area (Å²) in [5.74, 6) is 2.50. The predicted molar refractivity (Wildman–Crippen MR) is 120 cm³/mol. The van der Waals surface area contributed by atoms with Gasteiger partial charge in [0.2, 0.25) is 16.0 Å². The number of hydrogen-bond acceptors (Lipinski definition) is 9. The third-order valence-corrected chi connectivity index (χ3v) is 8.24. The van der Waals surface area contributed by atoms with Crippen molar-refractivity contribution in [2.45, 2.75) is 42.4 Å². The summed E-state index contributed by atoms with van der Waals surface area (Å²) in [6.45, 7) is 1.78. The van der Waals surface area contributed by atoms with Gasteiger partial charge in [0.1, 0.15) is 0 Å². The first-order chi connectivity index (χ1) is 15.4. The fraction of sp³-hybridized carbons (Fsp3) is 0.429. The first-order valence-corrected chi connectivity index (χ1v) is 13.4. The van der Waals surface area contributed by atoms with E-state index in [0.717, 1.165) is 59.0 Å². The van der Waals surface area contributed by atoms with E-state index in [4.69, 9.17) is 9.62 Å². The Bertz CT molecular complexity index is 1350. The fourth-order valence-electron chi connectivity index (χ4n) is 4.07. The van der Waals surface area contributed by atoms with Crippen LogP contribution in [0.4, 0.5) is 5.13 Å². The van der Waals surface area contributed by atoms with E-state index < -0.39 is 9.84 Å². The maximum Gasteiger partial charge on any atom is 0.229 e. The molecule has 0 unspecified atom stereocenters. The molecule has 1 aliphatic heterocycles. The van der Waals surface area contributed by atoms with Gasteiger partial charge in [-0.25, -0.2) is 17.9 Å². The van der Waals surface area contributed by atoms with Crippen molar-refractivity contribution in [3.8, 4) is 11.3 Å². The Balaban J connectivity index is 1.14. The van der Waals surface area contributed by atoms with Crippen LogP contribution in [0, 0.1) is 0 Å². The molecule has 1 saturated heterocycles. The van der Waals surface area contributed by atoms with Crippen molar-refractivity contribution in [1.29, 1.82) is 0 Å². The summed E-state index contributed by atoms with van der Waals surface area (Å²) in [7, 11) is -3.21. The maximum absolute atomic E-state index is 11.7. The highest BCUT2D eigenvalue weighted by molar-refractivity contribution is 7.90. The number of anilines is 1. The highest BCUT2D eigenvalue weighted by Gasteiger charge is 2.32. The van der Waals surface area contributed by atoms with E-state index in [-0.39, 0.29) is 0 Å². The van der Waals surface area contributed by atoms with Gasteiger partial charge in [0.05, 0.1) is 16.8 Å². The molecule has 1 saturated carbocycles. The van der Waals surface area contributed by atoms with Gasteiger partial charge in [-0.15, -0.1) is 5.10 Å². The van der Waals surface area contributed by atoms with E-state index >= 15 is 0 Å². The minimum Gasteiger partial charge on any atom is -0.347 e. The Labute approximate surface area is 189 Å². The van der Waals surface area contributed by atoms with Crippen molar-refractivity contribution < 1.29 is 12.9 Å². The van der Waals surface area contributed by atoms with Crippen molar-refractivity contribution in [3.63, 3.8) is 0 Å². The van der Waals surface area contributed by atoms with E-state index in [1.165, 1.54) is 19.1 Å². The summed E-state index contributed by atoms with van der Waals surface area (Å²) in [6.07, 6.45) is 7.37. The van der Waals surface area contributed by atoms with E-state index in [0.29, 0.717) is 16.7 Å². The van der Waals surface area contributed by atoms with Gasteiger partial charge in [0.15, 0.2) is 15.7 Å². The Morgan fingerprint density at radius 2 is 1.78 bits per heavy atom. The number of sulfone groups is 1. The molecule has 3 aromatic heterocycles. The standard InChI is InChI=1S/C21H22N6O3S2/c1-32(28,29)16-6-4-13(5-7-16)17-12-27-20(22-17)31-21(24-27)26-10-8-15(9-11-26)19-23-18(25-30-19)14-2-3-14/h4-7,12,14-15H,2-3,8-11H2,1H3. The van der Waals surface area contributed by atoms with Crippen molar-refractivity contribution in [1.82, 2.24) is 24.7 Å². The van der Waals surface area contributed by atoms with E-state index in [2.05, 4.69) is 20.0 Å². The third-order valence-electron chi connectivity index (χ3n) is 6.13. The molecule has 166 valence electrons. The molecule has 0 radical (unpaired) electrons. The molecule has 0 atom stereocenters. The van der Waals surface area contributed by atoms with Crippen molar-refractivity contribution in [3.05, 3.63) is 42.2 Å². The maximum atomic E-state index is 11.7. The van der Waals surface area contributed by atoms with Crippen molar-refractivity contribution in [2.24, 2.45) is 0 Å². The Morgan fingerprint density at radius 3 is 2.44 bits per heavy atom. The third kappa shape index (κ3) is 3.69. The monoisotopic (exact) mass is 470 g/mol. The van der Waals surface area contributed by atoms with Gasteiger partial charge in [-0.3, -0.25) is 0 Å². The first kappa shape index (κ1) is 19.9. The number of fused-ring (bicyclic) bond motifs is 1. The molecule has 9 nitrogen and oxygen atoms in total. The molecule has 0 N–H and O–H groups in total. The molecule has 2 fully saturated rings. The second-order valence-corrected chi connectivity index (χ2v) is 11.5. The quantitative estimate of drug-likeness (QED) is 0.436. The van der Waals surface area contributed by atoms with Gasteiger partial charge in [0, 0.05) is 36.7 Å². The average molecular weight is 471 g/mol. The van der Waals surface area contributed by atoms with Gasteiger partial charge in [-0.05, 0) is 37.8 Å². The minimum atomic E-state index is -3.21. The lowest BCUT2D eigenvalue weighted by molar-refractivity contribution is 0.326. The van der Waals surface area contributed by atoms with Crippen LogP contribution in [0.25, 0.3) is 16.2 Å². The molecule has 0 amide bonds. The molecule has 2 aliphatic rings. The Hall–Kier alpha value is -2.79. The smallest absolute Gasteiger partial charge is 0.229 e. The van der Waals surface area contributed by atoms with E-state index in [1.807, 2.05) is 6.20 Å². The van der Waals surface area contributed by atoms with Crippen LogP contribution < -0.4 is 4.90 Å². The number of piperidine rings is 1. The second-order valence-electron chi connectivity index (χ2n) is 8.56. The lowest BCUT2D eigenvalue weighted by Gasteiger charge is -2.29. The molecule has 0 spiro atoms. The first-order valence-electron chi connectivity index (χ1n) is 10.7. The van der Waals surface area contributed by atoms with Crippen LogP contribution in [0.2, 0.25) is 0 Å². The zero-order valence-corrected chi connectivity index (χ0v) is 19.1. The van der Waals surface area contributed by atoms with Crippen LogP contribution in [0.3, 0.4) is 0 Å². The number of rotatable bonds is 5. The molecule has 6 rings (SSSR count). The van der Waals surface area contributed by atoms with Crippen LogP contribution in [0.5, 0.6) is 0 Å². The second kappa shape index (κ2) is 7.38.